The number of nitrogens with one attached hydrogen (secondary N) is 1. The second-order valence-corrected chi connectivity index (χ2v) is 6.55. The summed E-state index contributed by atoms with van der Waals surface area (Å²) in [6.07, 6.45) is 0.841. The van der Waals surface area contributed by atoms with Crippen LogP contribution in [0.1, 0.15) is 36.1 Å². The van der Waals surface area contributed by atoms with Crippen molar-refractivity contribution in [1.82, 2.24) is 5.32 Å². The van der Waals surface area contributed by atoms with Crippen molar-refractivity contribution in [3.63, 3.8) is 0 Å². The maximum Gasteiger partial charge on any atom is 0.258 e. The maximum absolute atomic E-state index is 12.2. The topological polar surface area (TPSA) is 38.3 Å². The quantitative estimate of drug-likeness (QED) is 0.793. The van der Waals surface area contributed by atoms with Gasteiger partial charge in [-0.3, -0.25) is 4.79 Å². The first-order valence-electron chi connectivity index (χ1n) is 7.74. The largest absolute Gasteiger partial charge is 0.484 e. The molecule has 122 valence electrons. The summed E-state index contributed by atoms with van der Waals surface area (Å²) < 4.78 is 6.50. The van der Waals surface area contributed by atoms with Crippen LogP contribution in [0.15, 0.2) is 46.9 Å². The normalized spacial score (nSPS) is 11.8. The van der Waals surface area contributed by atoms with Crippen LogP contribution < -0.4 is 10.1 Å². The molecule has 1 amide bonds. The molecule has 0 aliphatic rings. The fourth-order valence-corrected chi connectivity index (χ4v) is 2.80. The summed E-state index contributed by atoms with van der Waals surface area (Å²) in [6, 6.07) is 13.8. The monoisotopic (exact) mass is 375 g/mol. The number of aryl methyl sites for hydroxylation is 2. The van der Waals surface area contributed by atoms with Crippen LogP contribution in [-0.4, -0.2) is 12.5 Å². The van der Waals surface area contributed by atoms with Gasteiger partial charge in [-0.15, -0.1) is 0 Å². The van der Waals surface area contributed by atoms with Crippen molar-refractivity contribution < 1.29 is 9.53 Å². The van der Waals surface area contributed by atoms with Gasteiger partial charge in [0, 0.05) is 4.47 Å². The zero-order valence-electron chi connectivity index (χ0n) is 13.7. The highest BCUT2D eigenvalue weighted by molar-refractivity contribution is 9.10. The zero-order chi connectivity index (χ0) is 16.8. The van der Waals surface area contributed by atoms with E-state index in [4.69, 9.17) is 4.74 Å². The lowest BCUT2D eigenvalue weighted by molar-refractivity contribution is -0.123. The molecular weight excluding hydrogens is 354 g/mol. The molecule has 4 heteroatoms. The first-order chi connectivity index (χ1) is 11.0. The van der Waals surface area contributed by atoms with E-state index in [1.54, 1.807) is 0 Å². The first kappa shape index (κ1) is 17.5. The van der Waals surface area contributed by atoms with Crippen LogP contribution in [0.3, 0.4) is 0 Å². The van der Waals surface area contributed by atoms with Crippen molar-refractivity contribution in [3.05, 3.63) is 63.6 Å². The summed E-state index contributed by atoms with van der Waals surface area (Å²) >= 11 is 3.37. The molecule has 0 heterocycles. The number of carbonyl (C=O) groups excluding carboxylic acids is 1. The molecule has 2 aromatic rings. The Labute approximate surface area is 146 Å². The van der Waals surface area contributed by atoms with Crippen molar-refractivity contribution in [2.24, 2.45) is 0 Å². The van der Waals surface area contributed by atoms with Crippen molar-refractivity contribution in [1.29, 1.82) is 0 Å². The maximum atomic E-state index is 12.2. The summed E-state index contributed by atoms with van der Waals surface area (Å²) in [5.74, 6) is 0.572. The van der Waals surface area contributed by atoms with Gasteiger partial charge in [0.25, 0.3) is 5.91 Å². The molecule has 2 aromatic carbocycles. The summed E-state index contributed by atoms with van der Waals surface area (Å²) in [7, 11) is 0. The number of ether oxygens (including phenoxy) is 1. The molecule has 3 nitrogen and oxygen atoms in total. The molecule has 1 unspecified atom stereocenters. The SMILES string of the molecule is CCC(NC(=O)COc1ccc(Br)cc1)c1ccc(C)cc1C. The van der Waals surface area contributed by atoms with Gasteiger partial charge in [-0.1, -0.05) is 46.6 Å². The van der Waals surface area contributed by atoms with Crippen molar-refractivity contribution in [3.8, 4) is 5.75 Å². The third-order valence-corrected chi connectivity index (χ3v) is 4.26. The number of benzene rings is 2. The predicted molar refractivity (Wildman–Crippen MR) is 96.7 cm³/mol. The van der Waals surface area contributed by atoms with Gasteiger partial charge in [-0.25, -0.2) is 0 Å². The molecule has 0 spiro atoms. The van der Waals surface area contributed by atoms with Gasteiger partial charge in [0.15, 0.2) is 6.61 Å². The van der Waals surface area contributed by atoms with Gasteiger partial charge in [0.1, 0.15) is 5.75 Å². The summed E-state index contributed by atoms with van der Waals surface area (Å²) in [6.45, 7) is 6.24. The molecule has 0 radical (unpaired) electrons. The second kappa shape index (κ2) is 8.16. The van der Waals surface area contributed by atoms with E-state index < -0.39 is 0 Å². The van der Waals surface area contributed by atoms with Crippen LogP contribution in [0.25, 0.3) is 0 Å². The predicted octanol–water partition coefficient (Wildman–Crippen LogP) is 4.71. The molecule has 0 aromatic heterocycles. The Kier molecular flexibility index (Phi) is 6.22. The highest BCUT2D eigenvalue weighted by atomic mass is 79.9. The molecule has 2 rings (SSSR count). The fraction of sp³-hybridized carbons (Fsp3) is 0.316. The van der Waals surface area contributed by atoms with E-state index in [0.29, 0.717) is 5.75 Å². The lowest BCUT2D eigenvalue weighted by Crippen LogP contribution is -2.32. The Morgan fingerprint density at radius 1 is 1.17 bits per heavy atom. The van der Waals surface area contributed by atoms with E-state index in [1.807, 2.05) is 24.3 Å². The Morgan fingerprint density at radius 3 is 2.48 bits per heavy atom. The van der Waals surface area contributed by atoms with Crippen molar-refractivity contribution in [2.45, 2.75) is 33.2 Å². The van der Waals surface area contributed by atoms with E-state index in [1.165, 1.54) is 11.1 Å². The first-order valence-corrected chi connectivity index (χ1v) is 8.53. The number of halogens is 1. The van der Waals surface area contributed by atoms with Crippen LogP contribution in [0, 0.1) is 13.8 Å². The molecule has 1 atom stereocenters. The van der Waals surface area contributed by atoms with E-state index in [0.717, 1.165) is 16.5 Å². The van der Waals surface area contributed by atoms with Crippen molar-refractivity contribution in [2.75, 3.05) is 6.61 Å². The number of amides is 1. The minimum absolute atomic E-state index is 0.0108. The molecule has 1 N–H and O–H groups in total. The average Bonchev–Trinajstić information content (AvgIpc) is 2.52. The van der Waals surface area contributed by atoms with Crippen molar-refractivity contribution >= 4 is 21.8 Å². The standard InChI is InChI=1S/C19H22BrNO2/c1-4-18(17-10-5-13(2)11-14(17)3)21-19(22)12-23-16-8-6-15(20)7-9-16/h5-11,18H,4,12H2,1-3H3,(H,21,22). The number of rotatable bonds is 6. The highest BCUT2D eigenvalue weighted by Crippen LogP contribution is 2.22. The molecule has 0 bridgehead atoms. The highest BCUT2D eigenvalue weighted by Gasteiger charge is 2.15. The number of hydrogen-bond donors (Lipinski definition) is 1. The molecule has 0 saturated carbocycles. The summed E-state index contributed by atoms with van der Waals surface area (Å²) in [5, 5.41) is 3.05. The van der Waals surface area contributed by atoms with Crippen LogP contribution in [0.4, 0.5) is 0 Å². The van der Waals surface area contributed by atoms with Gasteiger partial charge in [-0.05, 0) is 55.7 Å². The molecule has 0 fully saturated rings. The van der Waals surface area contributed by atoms with Crippen LogP contribution >= 0.6 is 15.9 Å². The average molecular weight is 376 g/mol. The smallest absolute Gasteiger partial charge is 0.258 e. The Hall–Kier alpha value is -1.81. The lowest BCUT2D eigenvalue weighted by atomic mass is 9.97. The summed E-state index contributed by atoms with van der Waals surface area (Å²) in [4.78, 5) is 12.2. The molecule has 0 aliphatic heterocycles. The molecule has 23 heavy (non-hydrogen) atoms. The van der Waals surface area contributed by atoms with Gasteiger partial charge < -0.3 is 10.1 Å². The van der Waals surface area contributed by atoms with Gasteiger partial charge >= 0.3 is 0 Å². The minimum Gasteiger partial charge on any atom is -0.484 e. The summed E-state index contributed by atoms with van der Waals surface area (Å²) in [5.41, 5.74) is 3.59. The Balaban J connectivity index is 1.95. The van der Waals surface area contributed by atoms with Crippen LogP contribution in [0.5, 0.6) is 5.75 Å². The molecular formula is C19H22BrNO2. The molecule has 0 aliphatic carbocycles. The third-order valence-electron chi connectivity index (χ3n) is 3.73. The van der Waals surface area contributed by atoms with E-state index in [-0.39, 0.29) is 18.6 Å². The fourth-order valence-electron chi connectivity index (χ4n) is 2.53. The van der Waals surface area contributed by atoms with E-state index in [2.05, 4.69) is 60.2 Å². The van der Waals surface area contributed by atoms with Crippen LogP contribution in [0.2, 0.25) is 0 Å². The van der Waals surface area contributed by atoms with Gasteiger partial charge in [0.2, 0.25) is 0 Å². The Morgan fingerprint density at radius 2 is 1.87 bits per heavy atom. The molecule has 0 saturated heterocycles. The number of carbonyl (C=O) groups is 1. The van der Waals surface area contributed by atoms with Gasteiger partial charge in [0.05, 0.1) is 6.04 Å². The number of hydrogen-bond acceptors (Lipinski definition) is 2. The second-order valence-electron chi connectivity index (χ2n) is 5.63. The Bertz CT molecular complexity index is 668. The third kappa shape index (κ3) is 5.10. The minimum atomic E-state index is -0.111. The van der Waals surface area contributed by atoms with Crippen LogP contribution in [-0.2, 0) is 4.79 Å². The zero-order valence-corrected chi connectivity index (χ0v) is 15.3. The van der Waals surface area contributed by atoms with E-state index >= 15 is 0 Å². The van der Waals surface area contributed by atoms with Gasteiger partial charge in [-0.2, -0.15) is 0 Å². The lowest BCUT2D eigenvalue weighted by Gasteiger charge is -2.20. The van der Waals surface area contributed by atoms with E-state index in [9.17, 15) is 4.79 Å².